The fourth-order valence-electron chi connectivity index (χ4n) is 1.77. The summed E-state index contributed by atoms with van der Waals surface area (Å²) in [5.41, 5.74) is 7.70. The van der Waals surface area contributed by atoms with Crippen LogP contribution in [0.1, 0.15) is 11.1 Å². The Bertz CT molecular complexity index is 628. The van der Waals surface area contributed by atoms with E-state index in [1.165, 1.54) is 10.5 Å². The summed E-state index contributed by atoms with van der Waals surface area (Å²) in [5.74, 6) is 7.79. The van der Waals surface area contributed by atoms with Crippen LogP contribution >= 0.6 is 11.8 Å². The summed E-state index contributed by atoms with van der Waals surface area (Å²) in [6, 6.07) is 16.2. The molecule has 2 aromatic rings. The van der Waals surface area contributed by atoms with E-state index in [0.717, 1.165) is 17.1 Å². The predicted molar refractivity (Wildman–Crippen MR) is 84.9 cm³/mol. The summed E-state index contributed by atoms with van der Waals surface area (Å²) in [4.78, 5) is 1.19. The maximum atomic E-state index is 5.43. The Labute approximate surface area is 124 Å². The van der Waals surface area contributed by atoms with Gasteiger partial charge in [0.15, 0.2) is 0 Å². The van der Waals surface area contributed by atoms with Crippen molar-refractivity contribution in [3.63, 3.8) is 0 Å². The van der Waals surface area contributed by atoms with Gasteiger partial charge in [-0.25, -0.2) is 0 Å². The van der Waals surface area contributed by atoms with Crippen LogP contribution in [-0.2, 0) is 5.75 Å². The third-order valence-corrected chi connectivity index (χ3v) is 3.82. The van der Waals surface area contributed by atoms with E-state index < -0.39 is 0 Å². The molecule has 0 atom stereocenters. The molecule has 3 heteroatoms. The van der Waals surface area contributed by atoms with Gasteiger partial charge in [-0.05, 0) is 29.8 Å². The fourth-order valence-corrected chi connectivity index (χ4v) is 2.71. The van der Waals surface area contributed by atoms with Gasteiger partial charge in [-0.1, -0.05) is 36.1 Å². The molecule has 0 aromatic heterocycles. The molecular formula is C17H17NOS. The third kappa shape index (κ3) is 4.06. The van der Waals surface area contributed by atoms with E-state index >= 15 is 0 Å². The molecule has 0 aliphatic heterocycles. The van der Waals surface area contributed by atoms with E-state index in [1.54, 1.807) is 18.9 Å². The van der Waals surface area contributed by atoms with Crippen LogP contribution in [0, 0.1) is 11.8 Å². The largest absolute Gasteiger partial charge is 0.497 e. The highest BCUT2D eigenvalue weighted by atomic mass is 32.2. The number of hydrogen-bond donors (Lipinski definition) is 1. The standard InChI is InChI=1S/C17H17NOS/c1-19-16-9-4-10-17(12-16)20-13-15-7-3-2-6-14(15)8-5-11-18/h2-4,6-7,9-10,12H,11,13,18H2,1H3. The van der Waals surface area contributed by atoms with Crippen LogP contribution in [0.4, 0.5) is 0 Å². The number of benzene rings is 2. The highest BCUT2D eigenvalue weighted by Gasteiger charge is 2.02. The Morgan fingerprint density at radius 2 is 2.00 bits per heavy atom. The lowest BCUT2D eigenvalue weighted by atomic mass is 10.1. The highest BCUT2D eigenvalue weighted by Crippen LogP contribution is 2.27. The maximum absolute atomic E-state index is 5.43. The summed E-state index contributed by atoms with van der Waals surface area (Å²) < 4.78 is 5.23. The number of ether oxygens (including phenoxy) is 1. The van der Waals surface area contributed by atoms with Crippen molar-refractivity contribution in [1.82, 2.24) is 0 Å². The van der Waals surface area contributed by atoms with Crippen molar-refractivity contribution < 1.29 is 4.74 Å². The Balaban J connectivity index is 2.10. The second kappa shape index (κ2) is 7.64. The van der Waals surface area contributed by atoms with Crippen molar-refractivity contribution in [1.29, 1.82) is 0 Å². The maximum Gasteiger partial charge on any atom is 0.119 e. The van der Waals surface area contributed by atoms with Gasteiger partial charge in [-0.2, -0.15) is 0 Å². The Hall–Kier alpha value is -1.89. The van der Waals surface area contributed by atoms with E-state index in [-0.39, 0.29) is 0 Å². The molecule has 2 nitrogen and oxygen atoms in total. The first-order valence-corrected chi connectivity index (χ1v) is 7.35. The number of thioether (sulfide) groups is 1. The zero-order valence-corrected chi connectivity index (χ0v) is 12.2. The van der Waals surface area contributed by atoms with Crippen molar-refractivity contribution in [2.75, 3.05) is 13.7 Å². The lowest BCUT2D eigenvalue weighted by Crippen LogP contribution is -1.94. The smallest absolute Gasteiger partial charge is 0.119 e. The monoisotopic (exact) mass is 283 g/mol. The van der Waals surface area contributed by atoms with Crippen LogP contribution in [0.15, 0.2) is 53.4 Å². The fraction of sp³-hybridized carbons (Fsp3) is 0.176. The molecule has 2 rings (SSSR count). The summed E-state index contributed by atoms with van der Waals surface area (Å²) in [6.07, 6.45) is 0. The second-order valence-electron chi connectivity index (χ2n) is 4.13. The van der Waals surface area contributed by atoms with Crippen LogP contribution in [0.3, 0.4) is 0 Å². The van der Waals surface area contributed by atoms with Gasteiger partial charge in [-0.3, -0.25) is 0 Å². The van der Waals surface area contributed by atoms with Crippen molar-refractivity contribution in [2.45, 2.75) is 10.6 Å². The molecule has 2 N–H and O–H groups in total. The molecule has 0 amide bonds. The van der Waals surface area contributed by atoms with E-state index in [1.807, 2.05) is 36.4 Å². The third-order valence-electron chi connectivity index (χ3n) is 2.78. The minimum atomic E-state index is 0.386. The average molecular weight is 283 g/mol. The number of rotatable bonds is 4. The molecule has 0 bridgehead atoms. The minimum Gasteiger partial charge on any atom is -0.497 e. The summed E-state index contributed by atoms with van der Waals surface area (Å²) in [5, 5.41) is 0. The van der Waals surface area contributed by atoms with E-state index in [4.69, 9.17) is 10.5 Å². The Morgan fingerprint density at radius 3 is 2.80 bits per heavy atom. The van der Waals surface area contributed by atoms with Crippen molar-refractivity contribution in [3.05, 3.63) is 59.7 Å². The molecule has 0 saturated heterocycles. The van der Waals surface area contributed by atoms with Crippen molar-refractivity contribution in [2.24, 2.45) is 5.73 Å². The lowest BCUT2D eigenvalue weighted by Gasteiger charge is -2.06. The van der Waals surface area contributed by atoms with Gasteiger partial charge in [0.1, 0.15) is 5.75 Å². The Kier molecular flexibility index (Phi) is 5.55. The number of hydrogen-bond acceptors (Lipinski definition) is 3. The average Bonchev–Trinajstić information content (AvgIpc) is 2.52. The van der Waals surface area contributed by atoms with Gasteiger partial charge in [0.2, 0.25) is 0 Å². The molecular weight excluding hydrogens is 266 g/mol. The molecule has 0 heterocycles. The first kappa shape index (κ1) is 14.5. The van der Waals surface area contributed by atoms with Gasteiger partial charge in [0.05, 0.1) is 13.7 Å². The van der Waals surface area contributed by atoms with Gasteiger partial charge >= 0.3 is 0 Å². The first-order chi connectivity index (χ1) is 9.83. The van der Waals surface area contributed by atoms with E-state index in [0.29, 0.717) is 6.54 Å². The number of methoxy groups -OCH3 is 1. The SMILES string of the molecule is COc1cccc(SCc2ccccc2C#CCN)c1. The van der Waals surface area contributed by atoms with Gasteiger partial charge in [0, 0.05) is 16.2 Å². The summed E-state index contributed by atoms with van der Waals surface area (Å²) in [7, 11) is 1.68. The van der Waals surface area contributed by atoms with Crippen molar-refractivity contribution >= 4 is 11.8 Å². The zero-order chi connectivity index (χ0) is 14.2. The predicted octanol–water partition coefficient (Wildman–Crippen LogP) is 3.30. The molecule has 0 unspecified atom stereocenters. The lowest BCUT2D eigenvalue weighted by molar-refractivity contribution is 0.413. The Morgan fingerprint density at radius 1 is 1.15 bits per heavy atom. The van der Waals surface area contributed by atoms with Crippen LogP contribution in [0.2, 0.25) is 0 Å². The van der Waals surface area contributed by atoms with Gasteiger partial charge in [0.25, 0.3) is 0 Å². The molecule has 2 aromatic carbocycles. The minimum absolute atomic E-state index is 0.386. The van der Waals surface area contributed by atoms with Crippen LogP contribution in [0.5, 0.6) is 5.75 Å². The quantitative estimate of drug-likeness (QED) is 0.691. The molecule has 0 saturated carbocycles. The van der Waals surface area contributed by atoms with E-state index in [2.05, 4.69) is 24.0 Å². The van der Waals surface area contributed by atoms with Crippen LogP contribution in [0.25, 0.3) is 0 Å². The molecule has 0 aliphatic carbocycles. The summed E-state index contributed by atoms with van der Waals surface area (Å²) >= 11 is 1.77. The topological polar surface area (TPSA) is 35.2 Å². The summed E-state index contributed by atoms with van der Waals surface area (Å²) in [6.45, 7) is 0.386. The zero-order valence-electron chi connectivity index (χ0n) is 11.4. The van der Waals surface area contributed by atoms with Gasteiger partial charge < -0.3 is 10.5 Å². The van der Waals surface area contributed by atoms with Crippen LogP contribution in [-0.4, -0.2) is 13.7 Å². The molecule has 0 fully saturated rings. The van der Waals surface area contributed by atoms with Gasteiger partial charge in [-0.15, -0.1) is 11.8 Å². The molecule has 0 aliphatic rings. The molecule has 102 valence electrons. The molecule has 0 spiro atoms. The second-order valence-corrected chi connectivity index (χ2v) is 5.18. The first-order valence-electron chi connectivity index (χ1n) is 6.37. The van der Waals surface area contributed by atoms with Crippen LogP contribution < -0.4 is 10.5 Å². The van der Waals surface area contributed by atoms with E-state index in [9.17, 15) is 0 Å². The molecule has 20 heavy (non-hydrogen) atoms. The highest BCUT2D eigenvalue weighted by molar-refractivity contribution is 7.98. The molecule has 0 radical (unpaired) electrons. The number of nitrogens with two attached hydrogens (primary N) is 1. The normalized spacial score (nSPS) is 9.70. The van der Waals surface area contributed by atoms with Crippen molar-refractivity contribution in [3.8, 4) is 17.6 Å².